The van der Waals surface area contributed by atoms with Crippen LogP contribution in [0.25, 0.3) is 6.08 Å². The lowest BCUT2D eigenvalue weighted by Gasteiger charge is -2.19. The van der Waals surface area contributed by atoms with Gasteiger partial charge in [-0.15, -0.1) is 0 Å². The van der Waals surface area contributed by atoms with Crippen LogP contribution in [0.15, 0.2) is 36.4 Å². The van der Waals surface area contributed by atoms with Crippen molar-refractivity contribution in [3.05, 3.63) is 58.7 Å². The van der Waals surface area contributed by atoms with Crippen molar-refractivity contribution in [2.75, 3.05) is 12.4 Å². The average Bonchev–Trinajstić information content (AvgIpc) is 2.67. The number of hydrogen-bond donors (Lipinski definition) is 2. The van der Waals surface area contributed by atoms with Crippen LogP contribution in [0.5, 0.6) is 11.5 Å². The fourth-order valence-electron chi connectivity index (χ4n) is 2.96. The molecule has 2 N–H and O–H groups in total. The first-order valence-corrected chi connectivity index (χ1v) is 9.45. The Labute approximate surface area is 161 Å². The lowest BCUT2D eigenvalue weighted by molar-refractivity contribution is 0.104. The lowest BCUT2D eigenvalue weighted by Crippen LogP contribution is -2.09. The third kappa shape index (κ3) is 4.91. The number of aromatic hydroxyl groups is 1. The minimum absolute atomic E-state index is 0.0286. The van der Waals surface area contributed by atoms with Crippen molar-refractivity contribution >= 4 is 17.5 Å². The molecule has 0 saturated heterocycles. The summed E-state index contributed by atoms with van der Waals surface area (Å²) in [5.41, 5.74) is 4.04. The SMILES string of the molecule is CCc1cc(C=CC(=O)c2ccc(NC)cc2)c(OC(C)C)c(CC)c1O. The second-order valence-electron chi connectivity index (χ2n) is 6.68. The zero-order valence-corrected chi connectivity index (χ0v) is 16.8. The van der Waals surface area contributed by atoms with E-state index in [-0.39, 0.29) is 11.9 Å². The molecular weight excluding hydrogens is 338 g/mol. The van der Waals surface area contributed by atoms with Crippen LogP contribution in [0.4, 0.5) is 5.69 Å². The molecule has 0 aliphatic heterocycles. The molecule has 0 fully saturated rings. The molecule has 0 amide bonds. The summed E-state index contributed by atoms with van der Waals surface area (Å²) in [4.78, 5) is 12.5. The highest BCUT2D eigenvalue weighted by Gasteiger charge is 2.17. The summed E-state index contributed by atoms with van der Waals surface area (Å²) >= 11 is 0. The van der Waals surface area contributed by atoms with Gasteiger partial charge >= 0.3 is 0 Å². The molecule has 2 aromatic rings. The summed E-state index contributed by atoms with van der Waals surface area (Å²) < 4.78 is 5.99. The van der Waals surface area contributed by atoms with E-state index in [0.717, 1.165) is 22.4 Å². The molecule has 4 nitrogen and oxygen atoms in total. The maximum Gasteiger partial charge on any atom is 0.185 e. The number of ether oxygens (including phenoxy) is 1. The number of aryl methyl sites for hydroxylation is 1. The van der Waals surface area contributed by atoms with Gasteiger partial charge < -0.3 is 15.2 Å². The molecule has 0 aliphatic carbocycles. The molecule has 2 aromatic carbocycles. The van der Waals surface area contributed by atoms with Crippen LogP contribution in [0.2, 0.25) is 0 Å². The van der Waals surface area contributed by atoms with Crippen molar-refractivity contribution in [2.24, 2.45) is 0 Å². The van der Waals surface area contributed by atoms with Crippen molar-refractivity contribution in [1.29, 1.82) is 0 Å². The molecule has 0 atom stereocenters. The Morgan fingerprint density at radius 1 is 1.19 bits per heavy atom. The first-order valence-electron chi connectivity index (χ1n) is 9.45. The molecule has 0 spiro atoms. The monoisotopic (exact) mass is 367 g/mol. The number of phenols is 1. The van der Waals surface area contributed by atoms with Crippen LogP contribution in [-0.2, 0) is 12.8 Å². The molecule has 0 bridgehead atoms. The van der Waals surface area contributed by atoms with E-state index in [1.165, 1.54) is 0 Å². The quantitative estimate of drug-likeness (QED) is 0.495. The van der Waals surface area contributed by atoms with Crippen LogP contribution in [-0.4, -0.2) is 24.0 Å². The number of allylic oxidation sites excluding steroid dienone is 1. The number of nitrogens with one attached hydrogen (secondary N) is 1. The van der Waals surface area contributed by atoms with Crippen LogP contribution in [0.1, 0.15) is 54.7 Å². The highest BCUT2D eigenvalue weighted by atomic mass is 16.5. The maximum absolute atomic E-state index is 12.5. The number of rotatable bonds is 8. The van der Waals surface area contributed by atoms with Gasteiger partial charge in [-0.25, -0.2) is 0 Å². The van der Waals surface area contributed by atoms with Gasteiger partial charge in [-0.1, -0.05) is 13.8 Å². The third-order valence-electron chi connectivity index (χ3n) is 4.42. The van der Waals surface area contributed by atoms with E-state index < -0.39 is 0 Å². The van der Waals surface area contributed by atoms with E-state index >= 15 is 0 Å². The normalized spacial score (nSPS) is 11.2. The molecule has 0 aromatic heterocycles. The molecule has 0 saturated carbocycles. The van der Waals surface area contributed by atoms with E-state index in [1.807, 2.05) is 52.9 Å². The number of hydrogen-bond acceptors (Lipinski definition) is 4. The van der Waals surface area contributed by atoms with Crippen molar-refractivity contribution in [1.82, 2.24) is 0 Å². The molecule has 0 heterocycles. The fraction of sp³-hybridized carbons (Fsp3) is 0.348. The predicted molar refractivity (Wildman–Crippen MR) is 112 cm³/mol. The van der Waals surface area contributed by atoms with Gasteiger partial charge in [0.2, 0.25) is 0 Å². The Hall–Kier alpha value is -2.75. The molecular formula is C23H29NO3. The molecule has 0 unspecified atom stereocenters. The Bertz CT molecular complexity index is 821. The van der Waals surface area contributed by atoms with E-state index in [0.29, 0.717) is 29.9 Å². The van der Waals surface area contributed by atoms with Crippen molar-refractivity contribution in [3.8, 4) is 11.5 Å². The third-order valence-corrected chi connectivity index (χ3v) is 4.42. The molecule has 27 heavy (non-hydrogen) atoms. The molecule has 0 radical (unpaired) electrons. The van der Waals surface area contributed by atoms with Crippen LogP contribution < -0.4 is 10.1 Å². The molecule has 2 rings (SSSR count). The van der Waals surface area contributed by atoms with E-state index in [9.17, 15) is 9.90 Å². The van der Waals surface area contributed by atoms with E-state index in [1.54, 1.807) is 24.3 Å². The van der Waals surface area contributed by atoms with E-state index in [2.05, 4.69) is 5.32 Å². The average molecular weight is 367 g/mol. The number of anilines is 1. The second kappa shape index (κ2) is 9.26. The minimum Gasteiger partial charge on any atom is -0.507 e. The van der Waals surface area contributed by atoms with E-state index in [4.69, 9.17) is 4.74 Å². The van der Waals surface area contributed by atoms with Crippen molar-refractivity contribution in [3.63, 3.8) is 0 Å². The number of ketones is 1. The summed E-state index contributed by atoms with van der Waals surface area (Å²) in [7, 11) is 1.84. The van der Waals surface area contributed by atoms with Gasteiger partial charge in [0.1, 0.15) is 11.5 Å². The molecule has 4 heteroatoms. The number of phenolic OH excluding ortho intramolecular Hbond substituents is 1. The zero-order chi connectivity index (χ0) is 20.0. The number of benzene rings is 2. The van der Waals surface area contributed by atoms with Crippen LogP contribution in [0, 0.1) is 0 Å². The van der Waals surface area contributed by atoms with Crippen LogP contribution >= 0.6 is 0 Å². The Kier molecular flexibility index (Phi) is 7.05. The summed E-state index contributed by atoms with van der Waals surface area (Å²) in [5.74, 6) is 0.871. The molecule has 0 aliphatic rings. The fourth-order valence-corrected chi connectivity index (χ4v) is 2.96. The smallest absolute Gasteiger partial charge is 0.185 e. The number of carbonyl (C=O) groups excluding carboxylic acids is 1. The van der Waals surface area contributed by atoms with Gasteiger partial charge in [-0.05, 0) is 74.7 Å². The standard InChI is InChI=1S/C23H29NO3/c1-6-16-14-18(23(27-15(3)4)20(7-2)22(16)26)10-13-21(25)17-8-11-19(24-5)12-9-17/h8-15,24,26H,6-7H2,1-5H3. The summed E-state index contributed by atoms with van der Waals surface area (Å²) in [6.07, 6.45) is 4.68. The summed E-state index contributed by atoms with van der Waals surface area (Å²) in [6.45, 7) is 7.89. The topological polar surface area (TPSA) is 58.6 Å². The zero-order valence-electron chi connectivity index (χ0n) is 16.8. The van der Waals surface area contributed by atoms with Gasteiger partial charge in [0.05, 0.1) is 6.10 Å². The van der Waals surface area contributed by atoms with Crippen molar-refractivity contribution in [2.45, 2.75) is 46.6 Å². The maximum atomic E-state index is 12.5. The first-order chi connectivity index (χ1) is 12.9. The van der Waals surface area contributed by atoms with Gasteiger partial charge in [0.15, 0.2) is 5.78 Å². The number of carbonyl (C=O) groups is 1. The second-order valence-corrected chi connectivity index (χ2v) is 6.68. The van der Waals surface area contributed by atoms with Crippen LogP contribution in [0.3, 0.4) is 0 Å². The van der Waals surface area contributed by atoms with Gasteiger partial charge in [0, 0.05) is 29.4 Å². The highest BCUT2D eigenvalue weighted by molar-refractivity contribution is 6.07. The summed E-state index contributed by atoms with van der Waals surface area (Å²) in [5, 5.41) is 13.6. The minimum atomic E-state index is -0.0719. The largest absolute Gasteiger partial charge is 0.507 e. The lowest BCUT2D eigenvalue weighted by atomic mass is 9.98. The molecule has 144 valence electrons. The Morgan fingerprint density at radius 3 is 2.37 bits per heavy atom. The van der Waals surface area contributed by atoms with Gasteiger partial charge in [0.25, 0.3) is 0 Å². The highest BCUT2D eigenvalue weighted by Crippen LogP contribution is 2.37. The first kappa shape index (κ1) is 20.6. The van der Waals surface area contributed by atoms with Crippen molar-refractivity contribution < 1.29 is 14.6 Å². The summed E-state index contributed by atoms with van der Waals surface area (Å²) in [6, 6.07) is 9.25. The Morgan fingerprint density at radius 2 is 1.85 bits per heavy atom. The van der Waals surface area contributed by atoms with Gasteiger partial charge in [-0.2, -0.15) is 0 Å². The van der Waals surface area contributed by atoms with Gasteiger partial charge in [-0.3, -0.25) is 4.79 Å². The Balaban J connectivity index is 2.42. The predicted octanol–water partition coefficient (Wildman–Crippen LogP) is 5.24.